The molecule has 0 spiro atoms. The number of carbonyl (C=O) groups excluding carboxylic acids is 2. The van der Waals surface area contributed by atoms with Gasteiger partial charge in [-0.2, -0.15) is 0 Å². The van der Waals surface area contributed by atoms with E-state index in [9.17, 15) is 9.59 Å². The van der Waals surface area contributed by atoms with E-state index in [2.05, 4.69) is 19.2 Å². The predicted octanol–water partition coefficient (Wildman–Crippen LogP) is 3.13. The van der Waals surface area contributed by atoms with Gasteiger partial charge in [-0.1, -0.05) is 50.2 Å². The van der Waals surface area contributed by atoms with Crippen LogP contribution in [0.25, 0.3) is 0 Å². The van der Waals surface area contributed by atoms with Crippen molar-refractivity contribution in [1.82, 2.24) is 10.2 Å². The van der Waals surface area contributed by atoms with Crippen LogP contribution in [0.5, 0.6) is 5.75 Å². The molecule has 1 aliphatic heterocycles. The summed E-state index contributed by atoms with van der Waals surface area (Å²) in [6.07, 6.45) is 0. The van der Waals surface area contributed by atoms with Crippen LogP contribution in [0.2, 0.25) is 0 Å². The van der Waals surface area contributed by atoms with E-state index >= 15 is 0 Å². The third kappa shape index (κ3) is 3.43. The van der Waals surface area contributed by atoms with Crippen LogP contribution in [-0.2, 0) is 4.79 Å². The Hall–Kier alpha value is -2.82. The van der Waals surface area contributed by atoms with E-state index in [4.69, 9.17) is 4.74 Å². The molecular formula is C21H24N2O3. The largest absolute Gasteiger partial charge is 0.496 e. The number of hydrogen-bond donors (Lipinski definition) is 1. The van der Waals surface area contributed by atoms with Gasteiger partial charge < -0.3 is 15.0 Å². The van der Waals surface area contributed by atoms with Gasteiger partial charge in [0.25, 0.3) is 5.91 Å². The number of ether oxygens (including phenoxy) is 1. The zero-order valence-corrected chi connectivity index (χ0v) is 15.4. The van der Waals surface area contributed by atoms with Crippen LogP contribution < -0.4 is 10.1 Å². The first-order valence-electron chi connectivity index (χ1n) is 8.84. The van der Waals surface area contributed by atoms with Crippen LogP contribution in [0, 0.1) is 0 Å². The molecule has 1 unspecified atom stereocenters. The summed E-state index contributed by atoms with van der Waals surface area (Å²) in [7, 11) is 1.54. The fourth-order valence-electron chi connectivity index (χ4n) is 3.26. The molecule has 0 saturated carbocycles. The fourth-order valence-corrected chi connectivity index (χ4v) is 3.26. The zero-order chi connectivity index (χ0) is 18.7. The summed E-state index contributed by atoms with van der Waals surface area (Å²) >= 11 is 0. The molecule has 1 heterocycles. The minimum atomic E-state index is -0.637. The number of rotatable bonds is 4. The Balaban J connectivity index is 1.96. The van der Waals surface area contributed by atoms with Crippen LogP contribution in [0.15, 0.2) is 48.5 Å². The molecule has 2 amide bonds. The van der Waals surface area contributed by atoms with E-state index in [-0.39, 0.29) is 11.8 Å². The number of amides is 2. The normalized spacial score (nSPS) is 17.2. The molecule has 1 aliphatic rings. The van der Waals surface area contributed by atoms with E-state index in [0.717, 1.165) is 5.56 Å². The van der Waals surface area contributed by atoms with Crippen LogP contribution in [0.1, 0.15) is 47.3 Å². The Bertz CT molecular complexity index is 799. The molecule has 1 atom stereocenters. The van der Waals surface area contributed by atoms with Crippen molar-refractivity contribution >= 4 is 11.8 Å². The van der Waals surface area contributed by atoms with E-state index in [0.29, 0.717) is 30.3 Å². The Kier molecular flexibility index (Phi) is 5.26. The molecule has 0 bridgehead atoms. The summed E-state index contributed by atoms with van der Waals surface area (Å²) in [5, 5.41) is 2.87. The van der Waals surface area contributed by atoms with Crippen molar-refractivity contribution in [2.75, 3.05) is 20.2 Å². The first-order valence-corrected chi connectivity index (χ1v) is 8.84. The number of nitrogens with one attached hydrogen (secondary N) is 1. The van der Waals surface area contributed by atoms with Crippen molar-refractivity contribution in [3.8, 4) is 5.75 Å². The molecule has 26 heavy (non-hydrogen) atoms. The summed E-state index contributed by atoms with van der Waals surface area (Å²) in [5.41, 5.74) is 2.48. The standard InChI is InChI=1S/C21H24N2O3/c1-14(2)15-8-10-16(11-9-15)19-20(24)22-12-13-23(19)21(25)17-6-4-5-7-18(17)26-3/h4-11,14,19H,12-13H2,1-3H3,(H,22,24). The van der Waals surface area contributed by atoms with Gasteiger partial charge in [-0.15, -0.1) is 0 Å². The summed E-state index contributed by atoms with van der Waals surface area (Å²) in [6, 6.07) is 14.4. The minimum Gasteiger partial charge on any atom is -0.496 e. The second kappa shape index (κ2) is 7.60. The third-order valence-corrected chi connectivity index (χ3v) is 4.73. The number of nitrogens with zero attached hydrogens (tertiary/aromatic N) is 1. The average molecular weight is 352 g/mol. The molecule has 0 radical (unpaired) electrons. The first-order chi connectivity index (χ1) is 12.5. The van der Waals surface area contributed by atoms with Crippen LogP contribution in [-0.4, -0.2) is 36.9 Å². The Morgan fingerprint density at radius 3 is 2.50 bits per heavy atom. The van der Waals surface area contributed by atoms with E-state index < -0.39 is 6.04 Å². The molecule has 136 valence electrons. The van der Waals surface area contributed by atoms with Gasteiger partial charge in [0, 0.05) is 13.1 Å². The lowest BCUT2D eigenvalue weighted by Crippen LogP contribution is -2.52. The highest BCUT2D eigenvalue weighted by Crippen LogP contribution is 2.29. The number of benzene rings is 2. The fraction of sp³-hybridized carbons (Fsp3) is 0.333. The smallest absolute Gasteiger partial charge is 0.258 e. The number of carbonyl (C=O) groups is 2. The number of piperazine rings is 1. The minimum absolute atomic E-state index is 0.156. The van der Waals surface area contributed by atoms with Crippen molar-refractivity contribution in [3.63, 3.8) is 0 Å². The van der Waals surface area contributed by atoms with Gasteiger partial charge in [0.1, 0.15) is 11.8 Å². The molecule has 2 aromatic rings. The maximum absolute atomic E-state index is 13.1. The first kappa shape index (κ1) is 18.0. The van der Waals surface area contributed by atoms with E-state index in [1.54, 1.807) is 23.1 Å². The lowest BCUT2D eigenvalue weighted by molar-refractivity contribution is -0.128. The maximum atomic E-state index is 13.1. The molecule has 5 nitrogen and oxygen atoms in total. The van der Waals surface area contributed by atoms with Crippen molar-refractivity contribution in [1.29, 1.82) is 0 Å². The summed E-state index contributed by atoms with van der Waals surface area (Å²) in [5.74, 6) is 0.569. The molecular weight excluding hydrogens is 328 g/mol. The van der Waals surface area contributed by atoms with Crippen molar-refractivity contribution < 1.29 is 14.3 Å². The molecule has 3 rings (SSSR count). The quantitative estimate of drug-likeness (QED) is 0.920. The number of para-hydroxylation sites is 1. The lowest BCUT2D eigenvalue weighted by Gasteiger charge is -2.35. The molecule has 2 aromatic carbocycles. The second-order valence-corrected chi connectivity index (χ2v) is 6.71. The highest BCUT2D eigenvalue weighted by molar-refractivity contribution is 6.00. The highest BCUT2D eigenvalue weighted by atomic mass is 16.5. The topological polar surface area (TPSA) is 58.6 Å². The predicted molar refractivity (Wildman–Crippen MR) is 100 cm³/mol. The molecule has 1 fully saturated rings. The van der Waals surface area contributed by atoms with Gasteiger partial charge in [-0.3, -0.25) is 9.59 Å². The van der Waals surface area contributed by atoms with Crippen molar-refractivity contribution in [3.05, 3.63) is 65.2 Å². The van der Waals surface area contributed by atoms with E-state index in [1.807, 2.05) is 30.3 Å². The molecule has 0 aromatic heterocycles. The van der Waals surface area contributed by atoms with Crippen molar-refractivity contribution in [2.45, 2.75) is 25.8 Å². The molecule has 0 aliphatic carbocycles. The van der Waals surface area contributed by atoms with Gasteiger partial charge >= 0.3 is 0 Å². The number of hydrogen-bond acceptors (Lipinski definition) is 3. The zero-order valence-electron chi connectivity index (χ0n) is 15.4. The van der Waals surface area contributed by atoms with Gasteiger partial charge in [0.05, 0.1) is 12.7 Å². The van der Waals surface area contributed by atoms with Gasteiger partial charge in [0.2, 0.25) is 5.91 Å². The summed E-state index contributed by atoms with van der Waals surface area (Å²) < 4.78 is 5.32. The van der Waals surface area contributed by atoms with E-state index in [1.165, 1.54) is 12.7 Å². The van der Waals surface area contributed by atoms with Gasteiger partial charge in [-0.25, -0.2) is 0 Å². The summed E-state index contributed by atoms with van der Waals surface area (Å²) in [4.78, 5) is 27.4. The van der Waals surface area contributed by atoms with Crippen LogP contribution >= 0.6 is 0 Å². The SMILES string of the molecule is COc1ccccc1C(=O)N1CCNC(=O)C1c1ccc(C(C)C)cc1. The van der Waals surface area contributed by atoms with Crippen molar-refractivity contribution in [2.24, 2.45) is 0 Å². The maximum Gasteiger partial charge on any atom is 0.258 e. The number of methoxy groups -OCH3 is 1. The van der Waals surface area contributed by atoms with Gasteiger partial charge in [-0.05, 0) is 29.2 Å². The monoisotopic (exact) mass is 352 g/mol. The molecule has 5 heteroatoms. The Labute approximate surface area is 154 Å². The second-order valence-electron chi connectivity index (χ2n) is 6.71. The Morgan fingerprint density at radius 2 is 1.85 bits per heavy atom. The van der Waals surface area contributed by atoms with Gasteiger partial charge in [0.15, 0.2) is 0 Å². The Morgan fingerprint density at radius 1 is 1.15 bits per heavy atom. The summed E-state index contributed by atoms with van der Waals surface area (Å²) in [6.45, 7) is 5.15. The van der Waals surface area contributed by atoms with Crippen LogP contribution in [0.3, 0.4) is 0 Å². The lowest BCUT2D eigenvalue weighted by atomic mass is 9.96. The van der Waals surface area contributed by atoms with Crippen LogP contribution in [0.4, 0.5) is 0 Å². The highest BCUT2D eigenvalue weighted by Gasteiger charge is 2.35. The average Bonchev–Trinajstić information content (AvgIpc) is 2.67. The molecule has 1 saturated heterocycles. The third-order valence-electron chi connectivity index (χ3n) is 4.73. The molecule has 1 N–H and O–H groups in total.